The van der Waals surface area contributed by atoms with E-state index in [1.807, 2.05) is 38.1 Å². The lowest BCUT2D eigenvalue weighted by atomic mass is 9.94. The molecule has 1 unspecified atom stereocenters. The lowest BCUT2D eigenvalue weighted by Crippen LogP contribution is -2.12. The third kappa shape index (κ3) is 3.53. The van der Waals surface area contributed by atoms with E-state index in [2.05, 4.69) is 54.6 Å². The van der Waals surface area contributed by atoms with E-state index < -0.39 is 11.9 Å². The maximum Gasteiger partial charge on any atom is 0.311 e. The molecule has 0 aliphatic carbocycles. The Labute approximate surface area is 163 Å². The largest absolute Gasteiger partial charge is 0.481 e. The second kappa shape index (κ2) is 7.34. The average molecular weight is 465 g/mol. The van der Waals surface area contributed by atoms with Crippen LogP contribution in [0.25, 0.3) is 10.9 Å². The van der Waals surface area contributed by atoms with Crippen LogP contribution in [0, 0.1) is 6.92 Å². The highest BCUT2D eigenvalue weighted by Crippen LogP contribution is 2.35. The van der Waals surface area contributed by atoms with Crippen molar-refractivity contribution in [2.75, 3.05) is 0 Å². The maximum absolute atomic E-state index is 11.8. The summed E-state index contributed by atoms with van der Waals surface area (Å²) in [5.41, 5.74) is 4.19. The molecule has 1 N–H and O–H groups in total. The summed E-state index contributed by atoms with van der Waals surface area (Å²) in [6, 6.07) is 14.3. The van der Waals surface area contributed by atoms with E-state index in [0.717, 1.165) is 31.1 Å². The summed E-state index contributed by atoms with van der Waals surface area (Å²) in [7, 11) is 0. The lowest BCUT2D eigenvalue weighted by molar-refractivity contribution is -0.138. The second-order valence-corrected chi connectivity index (χ2v) is 8.00. The SMILES string of the molecule is CCC(C(=O)O)c1c(C)n(Cc2ccc(Br)cc2)c2ccc(Br)cc12. The van der Waals surface area contributed by atoms with E-state index in [4.69, 9.17) is 0 Å². The van der Waals surface area contributed by atoms with E-state index in [0.29, 0.717) is 13.0 Å². The van der Waals surface area contributed by atoms with E-state index in [1.54, 1.807) is 0 Å². The molecule has 1 atom stereocenters. The molecule has 2 aromatic carbocycles. The molecule has 1 heterocycles. The van der Waals surface area contributed by atoms with Crippen molar-refractivity contribution >= 4 is 48.7 Å². The third-order valence-electron chi connectivity index (χ3n) is 4.64. The number of aromatic nitrogens is 1. The number of hydrogen-bond acceptors (Lipinski definition) is 1. The van der Waals surface area contributed by atoms with E-state index >= 15 is 0 Å². The molecule has 5 heteroatoms. The molecule has 0 spiro atoms. The molecule has 0 fully saturated rings. The van der Waals surface area contributed by atoms with Crippen LogP contribution in [0.5, 0.6) is 0 Å². The van der Waals surface area contributed by atoms with Crippen LogP contribution in [0.4, 0.5) is 0 Å². The van der Waals surface area contributed by atoms with Gasteiger partial charge >= 0.3 is 5.97 Å². The smallest absolute Gasteiger partial charge is 0.311 e. The Morgan fingerprint density at radius 1 is 1.12 bits per heavy atom. The molecule has 0 bridgehead atoms. The fraction of sp³-hybridized carbons (Fsp3) is 0.250. The minimum atomic E-state index is -0.770. The number of carbonyl (C=O) groups is 1. The van der Waals surface area contributed by atoms with Crippen molar-refractivity contribution in [3.05, 3.63) is 68.2 Å². The first-order valence-corrected chi connectivity index (χ1v) is 9.76. The zero-order chi connectivity index (χ0) is 18.1. The van der Waals surface area contributed by atoms with Crippen molar-refractivity contribution in [2.24, 2.45) is 0 Å². The molecule has 3 aromatic rings. The molecular weight excluding hydrogens is 446 g/mol. The number of halogens is 2. The summed E-state index contributed by atoms with van der Waals surface area (Å²) in [6.45, 7) is 4.66. The van der Waals surface area contributed by atoms with Gasteiger partial charge in [-0.3, -0.25) is 4.79 Å². The van der Waals surface area contributed by atoms with Crippen molar-refractivity contribution in [1.82, 2.24) is 4.57 Å². The Balaban J connectivity index is 2.20. The molecular formula is C20H19Br2NO2. The van der Waals surface area contributed by atoms with Gasteiger partial charge in [0.1, 0.15) is 0 Å². The maximum atomic E-state index is 11.8. The van der Waals surface area contributed by atoms with Crippen molar-refractivity contribution in [3.63, 3.8) is 0 Å². The van der Waals surface area contributed by atoms with Crippen molar-refractivity contribution in [2.45, 2.75) is 32.7 Å². The van der Waals surface area contributed by atoms with Gasteiger partial charge in [0, 0.05) is 32.1 Å². The first kappa shape index (κ1) is 18.2. The monoisotopic (exact) mass is 463 g/mol. The summed E-state index contributed by atoms with van der Waals surface area (Å²) in [5, 5.41) is 10.7. The zero-order valence-corrected chi connectivity index (χ0v) is 17.3. The van der Waals surface area contributed by atoms with Gasteiger partial charge in [-0.15, -0.1) is 0 Å². The Kier molecular flexibility index (Phi) is 5.35. The molecule has 0 saturated carbocycles. The molecule has 0 aliphatic rings. The van der Waals surface area contributed by atoms with Crippen LogP contribution in [0.15, 0.2) is 51.4 Å². The van der Waals surface area contributed by atoms with Gasteiger partial charge in [-0.05, 0) is 54.8 Å². The first-order chi connectivity index (χ1) is 11.9. The summed E-state index contributed by atoms with van der Waals surface area (Å²) in [5.74, 6) is -1.27. The predicted octanol–water partition coefficient (Wildman–Crippen LogP) is 6.10. The summed E-state index contributed by atoms with van der Waals surface area (Å²) < 4.78 is 4.22. The van der Waals surface area contributed by atoms with Gasteiger partial charge < -0.3 is 9.67 Å². The molecule has 0 aliphatic heterocycles. The second-order valence-electron chi connectivity index (χ2n) is 6.17. The van der Waals surface area contributed by atoms with E-state index in [-0.39, 0.29) is 0 Å². The Hall–Kier alpha value is -1.59. The molecule has 0 amide bonds. The van der Waals surface area contributed by atoms with Crippen LogP contribution in [-0.2, 0) is 11.3 Å². The standard InChI is InChI=1S/C20H19Br2NO2/c1-3-16(20(24)25)19-12(2)23(11-13-4-6-14(21)7-5-13)18-9-8-15(22)10-17(18)19/h4-10,16H,3,11H2,1-2H3,(H,24,25). The number of hydrogen-bond donors (Lipinski definition) is 1. The molecule has 3 nitrogen and oxygen atoms in total. The number of aliphatic carboxylic acids is 1. The van der Waals surface area contributed by atoms with Crippen LogP contribution in [0.2, 0.25) is 0 Å². The number of carboxylic acids is 1. The normalized spacial score (nSPS) is 12.5. The number of rotatable bonds is 5. The number of carboxylic acid groups (broad SMARTS) is 1. The van der Waals surface area contributed by atoms with Crippen LogP contribution in [0.3, 0.4) is 0 Å². The molecule has 0 saturated heterocycles. The van der Waals surface area contributed by atoms with Crippen LogP contribution >= 0.6 is 31.9 Å². The van der Waals surface area contributed by atoms with Crippen molar-refractivity contribution in [1.29, 1.82) is 0 Å². The van der Waals surface area contributed by atoms with E-state index in [1.165, 1.54) is 5.56 Å². The van der Waals surface area contributed by atoms with Crippen molar-refractivity contribution < 1.29 is 9.90 Å². The summed E-state index contributed by atoms with van der Waals surface area (Å²) in [4.78, 5) is 11.8. The lowest BCUT2D eigenvalue weighted by Gasteiger charge is -2.12. The Bertz CT molecular complexity index is 929. The number of nitrogens with zero attached hydrogens (tertiary/aromatic N) is 1. The minimum Gasteiger partial charge on any atom is -0.481 e. The Morgan fingerprint density at radius 2 is 1.76 bits per heavy atom. The molecule has 25 heavy (non-hydrogen) atoms. The van der Waals surface area contributed by atoms with E-state index in [9.17, 15) is 9.90 Å². The van der Waals surface area contributed by atoms with Gasteiger partial charge in [-0.25, -0.2) is 0 Å². The number of fused-ring (bicyclic) bond motifs is 1. The number of benzene rings is 2. The summed E-state index contributed by atoms with van der Waals surface area (Å²) in [6.07, 6.45) is 0.570. The fourth-order valence-electron chi connectivity index (χ4n) is 3.40. The van der Waals surface area contributed by atoms with Crippen LogP contribution < -0.4 is 0 Å². The zero-order valence-electron chi connectivity index (χ0n) is 14.1. The highest BCUT2D eigenvalue weighted by Gasteiger charge is 2.26. The topological polar surface area (TPSA) is 42.2 Å². The van der Waals surface area contributed by atoms with Crippen LogP contribution in [-0.4, -0.2) is 15.6 Å². The molecule has 130 valence electrons. The minimum absolute atomic E-state index is 0.497. The third-order valence-corrected chi connectivity index (χ3v) is 5.66. The average Bonchev–Trinajstić information content (AvgIpc) is 2.83. The highest BCUT2D eigenvalue weighted by molar-refractivity contribution is 9.10. The Morgan fingerprint density at radius 3 is 2.36 bits per heavy atom. The van der Waals surface area contributed by atoms with Gasteiger partial charge in [-0.1, -0.05) is 50.9 Å². The molecule has 0 radical (unpaired) electrons. The predicted molar refractivity (Wildman–Crippen MR) is 108 cm³/mol. The quantitative estimate of drug-likeness (QED) is 0.495. The van der Waals surface area contributed by atoms with Gasteiger partial charge in [0.15, 0.2) is 0 Å². The fourth-order valence-corrected chi connectivity index (χ4v) is 4.02. The van der Waals surface area contributed by atoms with Crippen LogP contribution in [0.1, 0.15) is 36.1 Å². The highest BCUT2D eigenvalue weighted by atomic mass is 79.9. The first-order valence-electron chi connectivity index (χ1n) is 8.17. The van der Waals surface area contributed by atoms with Gasteiger partial charge in [-0.2, -0.15) is 0 Å². The molecule has 3 rings (SSSR count). The van der Waals surface area contributed by atoms with Gasteiger partial charge in [0.25, 0.3) is 0 Å². The summed E-state index contributed by atoms with van der Waals surface area (Å²) >= 11 is 6.99. The van der Waals surface area contributed by atoms with Gasteiger partial charge in [0.2, 0.25) is 0 Å². The van der Waals surface area contributed by atoms with Crippen molar-refractivity contribution in [3.8, 4) is 0 Å². The van der Waals surface area contributed by atoms with Gasteiger partial charge in [0.05, 0.1) is 5.92 Å². The molecule has 1 aromatic heterocycles.